The Bertz CT molecular complexity index is 590. The smallest absolute Gasteiger partial charge is 0.223 e. The van der Waals surface area contributed by atoms with Crippen molar-refractivity contribution in [1.82, 2.24) is 10.3 Å². The van der Waals surface area contributed by atoms with Crippen LogP contribution >= 0.6 is 15.9 Å². The van der Waals surface area contributed by atoms with Gasteiger partial charge in [0.1, 0.15) is 11.6 Å². The highest BCUT2D eigenvalue weighted by Gasteiger charge is 2.09. The molecular weight excluding hydrogens is 323 g/mol. The normalized spacial score (nSPS) is 10.8. The van der Waals surface area contributed by atoms with Crippen LogP contribution in [0.5, 0.6) is 11.6 Å². The Morgan fingerprint density at radius 2 is 2.15 bits per heavy atom. The van der Waals surface area contributed by atoms with E-state index in [-0.39, 0.29) is 5.82 Å². The maximum atomic E-state index is 13.2. The van der Waals surface area contributed by atoms with Gasteiger partial charge in [0.05, 0.1) is 0 Å². The van der Waals surface area contributed by atoms with Crippen molar-refractivity contribution in [2.45, 2.75) is 26.4 Å². The minimum atomic E-state index is -0.332. The molecule has 0 saturated heterocycles. The van der Waals surface area contributed by atoms with Crippen LogP contribution < -0.4 is 10.1 Å². The Balaban J connectivity index is 2.21. The molecule has 0 fully saturated rings. The molecular formula is C15H16BrFN2O. The highest BCUT2D eigenvalue weighted by atomic mass is 79.9. The molecule has 0 atom stereocenters. The van der Waals surface area contributed by atoms with Gasteiger partial charge in [-0.2, -0.15) is 0 Å². The van der Waals surface area contributed by atoms with Gasteiger partial charge in [-0.3, -0.25) is 0 Å². The largest absolute Gasteiger partial charge is 0.439 e. The standard InChI is InChI=1S/C15H16BrFN2O/c1-10(2)18-8-11-6-12(16)9-19-15(11)20-14-5-3-4-13(17)7-14/h3-7,9-10,18H,8H2,1-2H3. The van der Waals surface area contributed by atoms with Crippen molar-refractivity contribution in [3.05, 3.63) is 52.4 Å². The topological polar surface area (TPSA) is 34.2 Å². The van der Waals surface area contributed by atoms with Crippen molar-refractivity contribution in [2.24, 2.45) is 0 Å². The summed E-state index contributed by atoms with van der Waals surface area (Å²) >= 11 is 3.39. The zero-order valence-corrected chi connectivity index (χ0v) is 12.9. The summed E-state index contributed by atoms with van der Waals surface area (Å²) in [4.78, 5) is 4.25. The quantitative estimate of drug-likeness (QED) is 0.883. The number of hydrogen-bond donors (Lipinski definition) is 1. The molecule has 0 aliphatic heterocycles. The van der Waals surface area contributed by atoms with Gasteiger partial charge >= 0.3 is 0 Å². The van der Waals surface area contributed by atoms with E-state index in [1.165, 1.54) is 12.1 Å². The molecule has 0 saturated carbocycles. The fourth-order valence-electron chi connectivity index (χ4n) is 1.64. The average molecular weight is 339 g/mol. The lowest BCUT2D eigenvalue weighted by Gasteiger charge is -2.13. The summed E-state index contributed by atoms with van der Waals surface area (Å²) in [5, 5.41) is 3.31. The number of hydrogen-bond acceptors (Lipinski definition) is 3. The number of halogens is 2. The predicted octanol–water partition coefficient (Wildman–Crippen LogP) is 4.27. The number of aromatic nitrogens is 1. The number of benzene rings is 1. The number of nitrogens with zero attached hydrogens (tertiary/aromatic N) is 1. The summed E-state index contributed by atoms with van der Waals surface area (Å²) in [6, 6.07) is 8.32. The maximum Gasteiger partial charge on any atom is 0.223 e. The second-order valence-electron chi connectivity index (χ2n) is 4.71. The Kier molecular flexibility index (Phi) is 5.09. The second kappa shape index (κ2) is 6.81. The van der Waals surface area contributed by atoms with Gasteiger partial charge < -0.3 is 10.1 Å². The van der Waals surface area contributed by atoms with E-state index >= 15 is 0 Å². The highest BCUT2D eigenvalue weighted by Crippen LogP contribution is 2.26. The molecule has 0 amide bonds. The second-order valence-corrected chi connectivity index (χ2v) is 5.63. The molecule has 3 nitrogen and oxygen atoms in total. The minimum Gasteiger partial charge on any atom is -0.439 e. The van der Waals surface area contributed by atoms with Crippen LogP contribution in [-0.4, -0.2) is 11.0 Å². The van der Waals surface area contributed by atoms with Crippen LogP contribution in [-0.2, 0) is 6.54 Å². The number of ether oxygens (including phenoxy) is 1. The number of pyridine rings is 1. The SMILES string of the molecule is CC(C)NCc1cc(Br)cnc1Oc1cccc(F)c1. The van der Waals surface area contributed by atoms with Crippen LogP contribution in [0.4, 0.5) is 4.39 Å². The van der Waals surface area contributed by atoms with Crippen LogP contribution in [0.25, 0.3) is 0 Å². The first-order valence-corrected chi connectivity index (χ1v) is 7.15. The van der Waals surface area contributed by atoms with Crippen LogP contribution in [0.1, 0.15) is 19.4 Å². The molecule has 0 aliphatic rings. The van der Waals surface area contributed by atoms with E-state index in [0.29, 0.717) is 24.2 Å². The minimum absolute atomic E-state index is 0.332. The summed E-state index contributed by atoms with van der Waals surface area (Å²) in [5.41, 5.74) is 0.914. The van der Waals surface area contributed by atoms with E-state index in [4.69, 9.17) is 4.74 Å². The molecule has 0 aliphatic carbocycles. The molecule has 2 aromatic rings. The van der Waals surface area contributed by atoms with Crippen LogP contribution in [0.3, 0.4) is 0 Å². The molecule has 2 rings (SSSR count). The van der Waals surface area contributed by atoms with E-state index in [9.17, 15) is 4.39 Å². The zero-order chi connectivity index (χ0) is 14.5. The lowest BCUT2D eigenvalue weighted by Crippen LogP contribution is -2.22. The molecule has 106 valence electrons. The van der Waals surface area contributed by atoms with Crippen molar-refractivity contribution in [3.63, 3.8) is 0 Å². The van der Waals surface area contributed by atoms with E-state index in [0.717, 1.165) is 10.0 Å². The fourth-order valence-corrected chi connectivity index (χ4v) is 2.02. The molecule has 0 unspecified atom stereocenters. The van der Waals surface area contributed by atoms with E-state index in [2.05, 4.69) is 40.1 Å². The lowest BCUT2D eigenvalue weighted by atomic mass is 10.2. The van der Waals surface area contributed by atoms with E-state index in [1.807, 2.05) is 6.07 Å². The maximum absolute atomic E-state index is 13.2. The molecule has 1 aromatic carbocycles. The molecule has 0 spiro atoms. The predicted molar refractivity (Wildman–Crippen MR) is 80.4 cm³/mol. The Morgan fingerprint density at radius 1 is 1.35 bits per heavy atom. The zero-order valence-electron chi connectivity index (χ0n) is 11.4. The molecule has 0 radical (unpaired) electrons. The van der Waals surface area contributed by atoms with Crippen molar-refractivity contribution in [2.75, 3.05) is 0 Å². The van der Waals surface area contributed by atoms with Gasteiger partial charge in [-0.25, -0.2) is 9.37 Å². The summed E-state index contributed by atoms with van der Waals surface area (Å²) < 4.78 is 19.7. The van der Waals surface area contributed by atoms with Crippen molar-refractivity contribution >= 4 is 15.9 Å². The first-order valence-electron chi connectivity index (χ1n) is 6.36. The van der Waals surface area contributed by atoms with Crippen LogP contribution in [0.2, 0.25) is 0 Å². The highest BCUT2D eigenvalue weighted by molar-refractivity contribution is 9.10. The number of rotatable bonds is 5. The molecule has 1 heterocycles. The van der Waals surface area contributed by atoms with Crippen molar-refractivity contribution < 1.29 is 9.13 Å². The van der Waals surface area contributed by atoms with Gasteiger partial charge in [0.25, 0.3) is 0 Å². The monoisotopic (exact) mass is 338 g/mol. The fraction of sp³-hybridized carbons (Fsp3) is 0.267. The molecule has 1 aromatic heterocycles. The van der Waals surface area contributed by atoms with Gasteiger partial charge in [-0.1, -0.05) is 19.9 Å². The van der Waals surface area contributed by atoms with Crippen LogP contribution in [0, 0.1) is 5.82 Å². The summed E-state index contributed by atoms with van der Waals surface area (Å²) in [5.74, 6) is 0.582. The van der Waals surface area contributed by atoms with Gasteiger partial charge in [0.15, 0.2) is 0 Å². The summed E-state index contributed by atoms with van der Waals surface area (Å²) in [6.45, 7) is 4.77. The van der Waals surface area contributed by atoms with Gasteiger partial charge in [-0.15, -0.1) is 0 Å². The molecule has 1 N–H and O–H groups in total. The van der Waals surface area contributed by atoms with Crippen molar-refractivity contribution in [1.29, 1.82) is 0 Å². The number of nitrogens with one attached hydrogen (secondary N) is 1. The van der Waals surface area contributed by atoms with E-state index in [1.54, 1.807) is 18.3 Å². The van der Waals surface area contributed by atoms with Crippen molar-refractivity contribution in [3.8, 4) is 11.6 Å². The third kappa shape index (κ3) is 4.28. The summed E-state index contributed by atoms with van der Waals surface area (Å²) in [6.07, 6.45) is 1.66. The third-order valence-corrected chi connectivity index (χ3v) is 3.04. The molecule has 0 bridgehead atoms. The van der Waals surface area contributed by atoms with E-state index < -0.39 is 0 Å². The lowest BCUT2D eigenvalue weighted by molar-refractivity contribution is 0.446. The third-order valence-electron chi connectivity index (χ3n) is 2.60. The first kappa shape index (κ1) is 14.9. The van der Waals surface area contributed by atoms with Gasteiger partial charge in [0.2, 0.25) is 5.88 Å². The Morgan fingerprint density at radius 3 is 2.85 bits per heavy atom. The van der Waals surface area contributed by atoms with Gasteiger partial charge in [-0.05, 0) is 34.1 Å². The molecule has 5 heteroatoms. The Hall–Kier alpha value is -1.46. The van der Waals surface area contributed by atoms with Gasteiger partial charge in [0, 0.05) is 34.9 Å². The first-order chi connectivity index (χ1) is 9.54. The molecule has 20 heavy (non-hydrogen) atoms. The average Bonchev–Trinajstić information content (AvgIpc) is 2.39. The summed E-state index contributed by atoms with van der Waals surface area (Å²) in [7, 11) is 0. The Labute approximate surface area is 126 Å². The van der Waals surface area contributed by atoms with Crippen LogP contribution in [0.15, 0.2) is 41.0 Å².